The lowest BCUT2D eigenvalue weighted by atomic mass is 10.0. The first-order chi connectivity index (χ1) is 7.53. The predicted molar refractivity (Wildman–Crippen MR) is 66.1 cm³/mol. The molecule has 1 aromatic heterocycles. The molecule has 0 aliphatic carbocycles. The van der Waals surface area contributed by atoms with Crippen LogP contribution in [0.15, 0.2) is 21.7 Å². The highest BCUT2D eigenvalue weighted by Gasteiger charge is 2.35. The predicted octanol–water partition coefficient (Wildman–Crippen LogP) is 2.70. The van der Waals surface area contributed by atoms with E-state index in [9.17, 15) is 8.42 Å². The third kappa shape index (κ3) is 2.04. The molecule has 5 heteroatoms. The zero-order valence-corrected chi connectivity index (χ0v) is 11.2. The minimum atomic E-state index is -3.27. The van der Waals surface area contributed by atoms with Crippen molar-refractivity contribution in [2.24, 2.45) is 0 Å². The monoisotopic (exact) mass is 259 g/mol. The lowest BCUT2D eigenvalue weighted by Crippen LogP contribution is -2.47. The quantitative estimate of drug-likeness (QED) is 0.819. The van der Waals surface area contributed by atoms with E-state index in [1.165, 1.54) is 11.3 Å². The number of nitrogens with zero attached hydrogens (tertiary/aromatic N) is 1. The standard InChI is InChI=1S/C11H17NO2S2/c1-9-5-3-6-10(2)12(9)16(13,14)11-7-4-8-15-11/h4,7-10H,3,5-6H2,1-2H3/t9-,10+. The van der Waals surface area contributed by atoms with Gasteiger partial charge in [0.1, 0.15) is 4.21 Å². The summed E-state index contributed by atoms with van der Waals surface area (Å²) in [5.74, 6) is 0. The molecule has 0 N–H and O–H groups in total. The van der Waals surface area contributed by atoms with Crippen molar-refractivity contribution in [3.8, 4) is 0 Å². The summed E-state index contributed by atoms with van der Waals surface area (Å²) in [5.41, 5.74) is 0. The van der Waals surface area contributed by atoms with Gasteiger partial charge in [0.05, 0.1) is 0 Å². The molecule has 0 amide bonds. The molecule has 2 atom stereocenters. The molecule has 2 heterocycles. The Labute approximate surface area is 101 Å². The van der Waals surface area contributed by atoms with Crippen LogP contribution < -0.4 is 0 Å². The van der Waals surface area contributed by atoms with Gasteiger partial charge in [-0.05, 0) is 38.1 Å². The van der Waals surface area contributed by atoms with Gasteiger partial charge in [0.25, 0.3) is 10.0 Å². The smallest absolute Gasteiger partial charge is 0.206 e. The van der Waals surface area contributed by atoms with E-state index in [4.69, 9.17) is 0 Å². The van der Waals surface area contributed by atoms with Crippen LogP contribution >= 0.6 is 11.3 Å². The van der Waals surface area contributed by atoms with Crippen LogP contribution in [0.5, 0.6) is 0 Å². The Morgan fingerprint density at radius 2 is 1.94 bits per heavy atom. The SMILES string of the molecule is C[C@@H]1CCC[C@H](C)N1S(=O)(=O)c1cccs1. The summed E-state index contributed by atoms with van der Waals surface area (Å²) in [6.45, 7) is 4.00. The van der Waals surface area contributed by atoms with Crippen LogP contribution in [0, 0.1) is 0 Å². The van der Waals surface area contributed by atoms with Gasteiger partial charge >= 0.3 is 0 Å². The highest BCUT2D eigenvalue weighted by atomic mass is 32.2. The molecular formula is C11H17NO2S2. The molecule has 1 aromatic rings. The Hall–Kier alpha value is -0.390. The van der Waals surface area contributed by atoms with Crippen molar-refractivity contribution in [2.45, 2.75) is 49.4 Å². The van der Waals surface area contributed by atoms with Crippen molar-refractivity contribution in [1.82, 2.24) is 4.31 Å². The van der Waals surface area contributed by atoms with E-state index < -0.39 is 10.0 Å². The summed E-state index contributed by atoms with van der Waals surface area (Å²) in [5, 5.41) is 1.81. The van der Waals surface area contributed by atoms with Gasteiger partial charge in [-0.2, -0.15) is 4.31 Å². The summed E-state index contributed by atoms with van der Waals surface area (Å²) in [7, 11) is -3.27. The molecule has 16 heavy (non-hydrogen) atoms. The highest BCUT2D eigenvalue weighted by Crippen LogP contribution is 2.31. The summed E-state index contributed by atoms with van der Waals surface area (Å²) in [6.07, 6.45) is 3.06. The number of piperidine rings is 1. The molecule has 0 aromatic carbocycles. The Morgan fingerprint density at radius 3 is 2.44 bits per heavy atom. The molecule has 0 spiro atoms. The fourth-order valence-electron chi connectivity index (χ4n) is 2.39. The molecular weight excluding hydrogens is 242 g/mol. The van der Waals surface area contributed by atoms with Crippen LogP contribution in [0.25, 0.3) is 0 Å². The molecule has 1 aliphatic rings. The Morgan fingerprint density at radius 1 is 1.31 bits per heavy atom. The van der Waals surface area contributed by atoms with Crippen LogP contribution in [0.1, 0.15) is 33.1 Å². The van der Waals surface area contributed by atoms with Crippen molar-refractivity contribution in [1.29, 1.82) is 0 Å². The summed E-state index contributed by atoms with van der Waals surface area (Å²) >= 11 is 1.30. The van der Waals surface area contributed by atoms with Crippen LogP contribution in [0.2, 0.25) is 0 Å². The van der Waals surface area contributed by atoms with E-state index in [1.807, 2.05) is 19.2 Å². The van der Waals surface area contributed by atoms with E-state index in [0.717, 1.165) is 19.3 Å². The topological polar surface area (TPSA) is 37.4 Å². The molecule has 2 rings (SSSR count). The number of thiophene rings is 1. The van der Waals surface area contributed by atoms with Gasteiger partial charge in [-0.3, -0.25) is 0 Å². The fourth-order valence-corrected chi connectivity index (χ4v) is 5.36. The maximum absolute atomic E-state index is 12.4. The fraction of sp³-hybridized carbons (Fsp3) is 0.636. The largest absolute Gasteiger partial charge is 0.253 e. The third-order valence-corrected chi connectivity index (χ3v) is 6.64. The molecule has 0 saturated carbocycles. The minimum Gasteiger partial charge on any atom is -0.206 e. The van der Waals surface area contributed by atoms with Crippen molar-refractivity contribution in [2.75, 3.05) is 0 Å². The second-order valence-corrected chi connectivity index (χ2v) is 7.41. The molecule has 1 aliphatic heterocycles. The lowest BCUT2D eigenvalue weighted by Gasteiger charge is -2.37. The van der Waals surface area contributed by atoms with E-state index >= 15 is 0 Å². The van der Waals surface area contributed by atoms with Crippen LogP contribution in [-0.2, 0) is 10.0 Å². The van der Waals surface area contributed by atoms with Crippen molar-refractivity contribution in [3.63, 3.8) is 0 Å². The van der Waals surface area contributed by atoms with Gasteiger partial charge < -0.3 is 0 Å². The number of sulfonamides is 1. The second-order valence-electron chi connectivity index (χ2n) is 4.40. The van der Waals surface area contributed by atoms with Gasteiger partial charge in [-0.1, -0.05) is 12.5 Å². The summed E-state index contributed by atoms with van der Waals surface area (Å²) in [4.78, 5) is 0. The van der Waals surface area contributed by atoms with E-state index in [2.05, 4.69) is 0 Å². The minimum absolute atomic E-state index is 0.121. The van der Waals surface area contributed by atoms with Gasteiger partial charge in [0, 0.05) is 12.1 Å². The average Bonchev–Trinajstić information content (AvgIpc) is 2.69. The molecule has 3 nitrogen and oxygen atoms in total. The van der Waals surface area contributed by atoms with E-state index in [-0.39, 0.29) is 12.1 Å². The number of hydrogen-bond donors (Lipinski definition) is 0. The molecule has 1 fully saturated rings. The zero-order chi connectivity index (χ0) is 11.8. The molecule has 90 valence electrons. The zero-order valence-electron chi connectivity index (χ0n) is 9.59. The van der Waals surface area contributed by atoms with Gasteiger partial charge in [-0.25, -0.2) is 8.42 Å². The first kappa shape index (κ1) is 12.1. The van der Waals surface area contributed by atoms with E-state index in [1.54, 1.807) is 16.4 Å². The molecule has 0 bridgehead atoms. The second kappa shape index (κ2) is 4.47. The first-order valence-electron chi connectivity index (χ1n) is 5.60. The number of hydrogen-bond acceptors (Lipinski definition) is 3. The van der Waals surface area contributed by atoms with Crippen LogP contribution in [-0.4, -0.2) is 24.8 Å². The molecule has 0 unspecified atom stereocenters. The summed E-state index contributed by atoms with van der Waals surface area (Å²) in [6, 6.07) is 3.72. The van der Waals surface area contributed by atoms with Crippen molar-refractivity contribution >= 4 is 21.4 Å². The van der Waals surface area contributed by atoms with Crippen molar-refractivity contribution < 1.29 is 8.42 Å². The average molecular weight is 259 g/mol. The van der Waals surface area contributed by atoms with Gasteiger partial charge in [0.2, 0.25) is 0 Å². The third-order valence-electron chi connectivity index (χ3n) is 3.14. The maximum Gasteiger partial charge on any atom is 0.253 e. The van der Waals surface area contributed by atoms with Gasteiger partial charge in [0.15, 0.2) is 0 Å². The Balaban J connectivity index is 2.36. The molecule has 0 radical (unpaired) electrons. The number of rotatable bonds is 2. The normalized spacial score (nSPS) is 28.1. The maximum atomic E-state index is 12.4. The Bertz CT molecular complexity index is 429. The first-order valence-corrected chi connectivity index (χ1v) is 7.92. The van der Waals surface area contributed by atoms with Gasteiger partial charge in [-0.15, -0.1) is 11.3 Å². The summed E-state index contributed by atoms with van der Waals surface area (Å²) < 4.78 is 27.0. The highest BCUT2D eigenvalue weighted by molar-refractivity contribution is 7.91. The van der Waals surface area contributed by atoms with Crippen molar-refractivity contribution in [3.05, 3.63) is 17.5 Å². The van der Waals surface area contributed by atoms with E-state index in [0.29, 0.717) is 4.21 Å². The lowest BCUT2D eigenvalue weighted by molar-refractivity contribution is 0.204. The Kier molecular flexibility index (Phi) is 3.37. The van der Waals surface area contributed by atoms with Crippen LogP contribution in [0.3, 0.4) is 0 Å². The van der Waals surface area contributed by atoms with Crippen LogP contribution in [0.4, 0.5) is 0 Å². The molecule has 1 saturated heterocycles.